The van der Waals surface area contributed by atoms with Gasteiger partial charge in [-0.05, 0) is 25.7 Å². The summed E-state index contributed by atoms with van der Waals surface area (Å²) in [5.41, 5.74) is 0. The summed E-state index contributed by atoms with van der Waals surface area (Å²) in [5, 5.41) is 0. The Morgan fingerprint density at radius 2 is 0.760 bits per heavy atom. The summed E-state index contributed by atoms with van der Waals surface area (Å²) in [7, 11) is -8.06. The van der Waals surface area contributed by atoms with Crippen molar-refractivity contribution in [2.24, 2.45) is 0 Å². The summed E-state index contributed by atoms with van der Waals surface area (Å²) >= 11 is 0. The van der Waals surface area contributed by atoms with Gasteiger partial charge in [-0.15, -0.1) is 0 Å². The van der Waals surface area contributed by atoms with E-state index >= 15 is 0 Å². The molecule has 0 amide bonds. The van der Waals surface area contributed by atoms with E-state index in [1.807, 2.05) is 12.2 Å². The van der Waals surface area contributed by atoms with Gasteiger partial charge >= 0.3 is 0 Å². The minimum Gasteiger partial charge on any atom is -0.379 e. The van der Waals surface area contributed by atoms with Gasteiger partial charge in [0, 0.05) is 26.4 Å². The second-order valence-electron chi connectivity index (χ2n) is 12.9. The van der Waals surface area contributed by atoms with E-state index in [4.69, 9.17) is 37.5 Å². The molecule has 0 aliphatic rings. The highest BCUT2D eigenvalue weighted by Gasteiger charge is 2.13. The maximum absolute atomic E-state index is 11.0. The first-order valence-electron chi connectivity index (χ1n) is 19.2. The van der Waals surface area contributed by atoms with Crippen LogP contribution in [0.1, 0.15) is 129 Å². The molecule has 0 fully saturated rings. The molecule has 0 saturated carbocycles. The van der Waals surface area contributed by atoms with E-state index in [1.54, 1.807) is 0 Å². The van der Waals surface area contributed by atoms with E-state index in [1.165, 1.54) is 77.0 Å². The number of rotatable bonds is 40. The molecule has 0 aromatic heterocycles. The predicted molar refractivity (Wildman–Crippen MR) is 199 cm³/mol. The maximum Gasteiger partial charge on any atom is 0.264 e. The van der Waals surface area contributed by atoms with Crippen LogP contribution >= 0.6 is 0 Å². The Hall–Kier alpha value is -0.680. The van der Waals surface area contributed by atoms with Crippen LogP contribution < -0.4 is 0 Å². The lowest BCUT2D eigenvalue weighted by Gasteiger charge is -2.18. The van der Waals surface area contributed by atoms with E-state index in [-0.39, 0.29) is 63.0 Å². The molecule has 12 nitrogen and oxygen atoms in total. The lowest BCUT2D eigenvalue weighted by Crippen LogP contribution is -2.27. The van der Waals surface area contributed by atoms with Crippen molar-refractivity contribution in [3.8, 4) is 0 Å². The molecule has 0 aromatic rings. The molecule has 0 aliphatic heterocycles. The molecule has 2 atom stereocenters. The highest BCUT2D eigenvalue weighted by atomic mass is 32.2. The summed E-state index contributed by atoms with van der Waals surface area (Å²) in [6.45, 7) is 7.89. The molecule has 0 aromatic carbocycles. The minimum atomic E-state index is -4.03. The second-order valence-corrected chi connectivity index (χ2v) is 16.1. The van der Waals surface area contributed by atoms with Crippen LogP contribution in [0.25, 0.3) is 0 Å². The molecule has 2 N–H and O–H groups in total. The average molecular weight is 761 g/mol. The van der Waals surface area contributed by atoms with Gasteiger partial charge in [0.1, 0.15) is 12.2 Å². The largest absolute Gasteiger partial charge is 0.379 e. The number of unbranched alkanes of at least 4 members (excludes halogenated alkanes) is 14. The van der Waals surface area contributed by atoms with Crippen molar-refractivity contribution in [1.29, 1.82) is 0 Å². The van der Waals surface area contributed by atoms with E-state index in [9.17, 15) is 16.8 Å². The summed E-state index contributed by atoms with van der Waals surface area (Å²) in [4.78, 5) is 0. The normalized spacial score (nSPS) is 13.8. The van der Waals surface area contributed by atoms with Gasteiger partial charge in [0.25, 0.3) is 20.2 Å². The molecular formula is C36H72O12S2. The Labute approximate surface area is 305 Å². The zero-order valence-electron chi connectivity index (χ0n) is 31.3. The fourth-order valence-corrected chi connectivity index (χ4v) is 6.01. The van der Waals surface area contributed by atoms with Gasteiger partial charge in [-0.3, -0.25) is 9.11 Å². The highest BCUT2D eigenvalue weighted by Crippen LogP contribution is 2.10. The van der Waals surface area contributed by atoms with Gasteiger partial charge < -0.3 is 28.4 Å². The van der Waals surface area contributed by atoms with Crippen LogP contribution in [0, 0.1) is 0 Å². The second kappa shape index (κ2) is 35.4. The van der Waals surface area contributed by atoms with E-state index in [0.717, 1.165) is 25.7 Å². The van der Waals surface area contributed by atoms with Crippen LogP contribution in [-0.2, 0) is 48.7 Å². The molecule has 2 unspecified atom stereocenters. The first kappa shape index (κ1) is 49.3. The van der Waals surface area contributed by atoms with Gasteiger partial charge in [-0.1, -0.05) is 116 Å². The molecule has 0 bridgehead atoms. The molecule has 0 saturated heterocycles. The van der Waals surface area contributed by atoms with Crippen molar-refractivity contribution >= 4 is 20.2 Å². The number of ether oxygens (including phenoxy) is 6. The first-order valence-corrected chi connectivity index (χ1v) is 22.4. The van der Waals surface area contributed by atoms with Gasteiger partial charge in [0.05, 0.1) is 51.1 Å². The lowest BCUT2D eigenvalue weighted by molar-refractivity contribution is -0.0573. The first-order chi connectivity index (χ1) is 24.1. The molecule has 0 rings (SSSR count). The quantitative estimate of drug-likeness (QED) is 0.0367. The van der Waals surface area contributed by atoms with Crippen molar-refractivity contribution in [2.75, 3.05) is 77.6 Å². The fourth-order valence-electron chi connectivity index (χ4n) is 5.05. The summed E-state index contributed by atoms with van der Waals surface area (Å²) < 4.78 is 96.6. The molecule has 50 heavy (non-hydrogen) atoms. The fraction of sp³-hybridized carbons (Fsp3) is 0.944. The molecule has 300 valence electrons. The predicted octanol–water partition coefficient (Wildman–Crippen LogP) is 7.22. The summed E-state index contributed by atoms with van der Waals surface area (Å²) in [6.07, 6.45) is 22.7. The minimum absolute atomic E-state index is 0.167. The molecule has 0 aliphatic carbocycles. The molecule has 0 spiro atoms. The lowest BCUT2D eigenvalue weighted by atomic mass is 10.1. The Morgan fingerprint density at radius 1 is 0.440 bits per heavy atom. The molecule has 14 heteroatoms. The van der Waals surface area contributed by atoms with E-state index in [2.05, 4.69) is 13.8 Å². The van der Waals surface area contributed by atoms with Gasteiger partial charge in [-0.2, -0.15) is 16.8 Å². The highest BCUT2D eigenvalue weighted by molar-refractivity contribution is 7.86. The smallest absolute Gasteiger partial charge is 0.264 e. The van der Waals surface area contributed by atoms with Crippen LogP contribution in [0.3, 0.4) is 0 Å². The van der Waals surface area contributed by atoms with Crippen molar-refractivity contribution in [3.63, 3.8) is 0 Å². The summed E-state index contributed by atoms with van der Waals surface area (Å²) in [6, 6.07) is 0. The third-order valence-electron chi connectivity index (χ3n) is 7.89. The SMILES string of the molecule is CCCCCCCCCCOCC(COC/C=C/COCC(COCCCCCCCCCC)OCCCS(=O)(=O)O)OCCCS(=O)(=O)O. The standard InChI is InChI=1S/C36H72O12S2/c1-3-5-7-9-11-13-15-17-23-43-31-35(47-27-21-29-49(37,38)39)33-45-25-19-20-26-46-34-36(48-28-22-30-50(40,41)42)32-44-24-18-16-14-12-10-8-6-4-2/h19-20,35-36H,3-18,21-34H2,1-2H3,(H,37,38,39)(H,40,41,42)/b20-19+. The average Bonchev–Trinajstić information content (AvgIpc) is 3.06. The van der Waals surface area contributed by atoms with Gasteiger partial charge in [0.15, 0.2) is 0 Å². The van der Waals surface area contributed by atoms with E-state index in [0.29, 0.717) is 39.6 Å². The van der Waals surface area contributed by atoms with Crippen LogP contribution in [0.15, 0.2) is 12.2 Å². The number of hydrogen-bond donors (Lipinski definition) is 2. The molecule has 0 radical (unpaired) electrons. The van der Waals surface area contributed by atoms with Crippen molar-refractivity contribution in [3.05, 3.63) is 12.2 Å². The topological polar surface area (TPSA) is 164 Å². The van der Waals surface area contributed by atoms with Crippen molar-refractivity contribution in [1.82, 2.24) is 0 Å². The van der Waals surface area contributed by atoms with Crippen LogP contribution in [0.4, 0.5) is 0 Å². The van der Waals surface area contributed by atoms with Gasteiger partial charge in [-0.25, -0.2) is 0 Å². The zero-order valence-corrected chi connectivity index (χ0v) is 32.9. The van der Waals surface area contributed by atoms with Crippen molar-refractivity contribution in [2.45, 2.75) is 142 Å². The van der Waals surface area contributed by atoms with E-state index < -0.39 is 20.2 Å². The number of hydrogen-bond acceptors (Lipinski definition) is 10. The van der Waals surface area contributed by atoms with Crippen molar-refractivity contribution < 1.29 is 54.4 Å². The summed E-state index contributed by atoms with van der Waals surface area (Å²) in [5.74, 6) is -0.714. The van der Waals surface area contributed by atoms with Gasteiger partial charge in [0.2, 0.25) is 0 Å². The Bertz CT molecular complexity index is 884. The van der Waals surface area contributed by atoms with Crippen LogP contribution in [0.2, 0.25) is 0 Å². The third-order valence-corrected chi connectivity index (χ3v) is 9.50. The maximum atomic E-state index is 11.0. The monoisotopic (exact) mass is 760 g/mol. The van der Waals surface area contributed by atoms with Crippen LogP contribution in [0.5, 0.6) is 0 Å². The Balaban J connectivity index is 4.40. The molecular weight excluding hydrogens is 689 g/mol. The Kier molecular flexibility index (Phi) is 34.9. The Morgan fingerprint density at radius 3 is 1.10 bits per heavy atom. The zero-order chi connectivity index (χ0) is 37.0. The third kappa shape index (κ3) is 40.1. The van der Waals surface area contributed by atoms with Crippen LogP contribution in [-0.4, -0.2) is 116 Å². The molecule has 0 heterocycles.